The van der Waals surface area contributed by atoms with Crippen molar-refractivity contribution in [3.05, 3.63) is 0 Å². The zero-order chi connectivity index (χ0) is 12.3. The van der Waals surface area contributed by atoms with Crippen molar-refractivity contribution < 1.29 is 12.3 Å². The second-order valence-corrected chi connectivity index (χ2v) is 20.7. The van der Waals surface area contributed by atoms with Crippen LogP contribution in [-0.4, -0.2) is 35.2 Å². The summed E-state index contributed by atoms with van der Waals surface area (Å²) in [7, 11) is -5.64. The average Bonchev–Trinajstić information content (AvgIpc) is 1.75. The largest absolute Gasteiger partial charge is 0.441 e. The van der Waals surface area contributed by atoms with Crippen molar-refractivity contribution >= 4 is 35.2 Å². The summed E-state index contributed by atoms with van der Waals surface area (Å²) in [5.74, 6) is 0. The van der Waals surface area contributed by atoms with Gasteiger partial charge < -0.3 is 12.3 Å². The van der Waals surface area contributed by atoms with E-state index in [-0.39, 0.29) is 0 Å². The molecule has 0 aromatic carbocycles. The first kappa shape index (κ1) is 15.7. The van der Waals surface area contributed by atoms with Gasteiger partial charge in [-0.25, -0.2) is 0 Å². The normalized spacial score (nSPS) is 15.2. The molecule has 0 N–H and O–H groups in total. The van der Waals surface area contributed by atoms with Crippen LogP contribution in [0, 0.1) is 0 Å². The van der Waals surface area contributed by atoms with E-state index in [9.17, 15) is 0 Å². The van der Waals surface area contributed by atoms with Gasteiger partial charge in [0.2, 0.25) is 0 Å². The summed E-state index contributed by atoms with van der Waals surface area (Å²) < 4.78 is 17.8. The standard InChI is InChI=1S/C8H26O3Si4/c1-13(2,3)9-12-10-15(7,8)11-14(4,5)6/h12H2,1-8H3. The van der Waals surface area contributed by atoms with E-state index in [4.69, 9.17) is 12.3 Å². The Morgan fingerprint density at radius 1 is 0.667 bits per heavy atom. The molecule has 0 heterocycles. The average molecular weight is 283 g/mol. The third kappa shape index (κ3) is 11.0. The summed E-state index contributed by atoms with van der Waals surface area (Å²) in [5.41, 5.74) is 0. The number of hydrogen-bond acceptors (Lipinski definition) is 3. The van der Waals surface area contributed by atoms with Gasteiger partial charge in [-0.05, 0) is 52.4 Å². The lowest BCUT2D eigenvalue weighted by Gasteiger charge is -2.32. The zero-order valence-corrected chi connectivity index (χ0v) is 15.8. The topological polar surface area (TPSA) is 27.7 Å². The fraction of sp³-hybridized carbons (Fsp3) is 1.00. The molecule has 0 saturated heterocycles. The van der Waals surface area contributed by atoms with Crippen molar-refractivity contribution in [3.8, 4) is 0 Å². The summed E-state index contributed by atoms with van der Waals surface area (Å²) in [5, 5.41) is 0. The molecule has 0 unspecified atom stereocenters. The molecule has 0 aliphatic heterocycles. The first-order valence-electron chi connectivity index (χ1n) is 5.39. The van der Waals surface area contributed by atoms with Crippen LogP contribution < -0.4 is 0 Å². The van der Waals surface area contributed by atoms with Gasteiger partial charge in [-0.15, -0.1) is 0 Å². The molecule has 7 heteroatoms. The maximum Gasteiger partial charge on any atom is 0.312 e. The van der Waals surface area contributed by atoms with Gasteiger partial charge in [-0.1, -0.05) is 0 Å². The molecule has 3 nitrogen and oxygen atoms in total. The van der Waals surface area contributed by atoms with E-state index in [1.165, 1.54) is 0 Å². The molecule has 0 spiro atoms. The molecule has 92 valence electrons. The number of rotatable bonds is 6. The molecule has 0 aliphatic rings. The van der Waals surface area contributed by atoms with Crippen LogP contribution in [0.1, 0.15) is 0 Å². The Morgan fingerprint density at radius 3 is 1.47 bits per heavy atom. The molecule has 0 amide bonds. The summed E-state index contributed by atoms with van der Waals surface area (Å²) in [6, 6.07) is 0. The summed E-state index contributed by atoms with van der Waals surface area (Å²) in [6.07, 6.45) is 0. The highest BCUT2D eigenvalue weighted by Crippen LogP contribution is 2.15. The smallest absolute Gasteiger partial charge is 0.312 e. The maximum atomic E-state index is 6.07. The van der Waals surface area contributed by atoms with Gasteiger partial charge >= 0.3 is 8.56 Å². The van der Waals surface area contributed by atoms with Crippen molar-refractivity contribution in [2.75, 3.05) is 0 Å². The van der Waals surface area contributed by atoms with Crippen LogP contribution in [0.4, 0.5) is 0 Å². The van der Waals surface area contributed by atoms with E-state index >= 15 is 0 Å². The highest BCUT2D eigenvalue weighted by atomic mass is 28.5. The molecule has 0 aliphatic carbocycles. The monoisotopic (exact) mass is 282 g/mol. The molecular formula is C8H26O3Si4. The van der Waals surface area contributed by atoms with Crippen LogP contribution in [0.15, 0.2) is 0 Å². The second kappa shape index (κ2) is 5.39. The van der Waals surface area contributed by atoms with Crippen molar-refractivity contribution in [1.82, 2.24) is 0 Å². The minimum absolute atomic E-state index is 0.845. The first-order valence-corrected chi connectivity index (χ1v) is 16.2. The van der Waals surface area contributed by atoms with Crippen LogP contribution in [0.25, 0.3) is 0 Å². The van der Waals surface area contributed by atoms with Crippen molar-refractivity contribution in [3.63, 3.8) is 0 Å². The third-order valence-electron chi connectivity index (χ3n) is 1.45. The zero-order valence-electron chi connectivity index (χ0n) is 11.4. The molecule has 0 saturated carbocycles. The van der Waals surface area contributed by atoms with Crippen LogP contribution in [0.2, 0.25) is 52.4 Å². The van der Waals surface area contributed by atoms with E-state index in [2.05, 4.69) is 52.4 Å². The van der Waals surface area contributed by atoms with E-state index in [0.717, 1.165) is 0 Å². The Morgan fingerprint density at radius 2 is 1.13 bits per heavy atom. The minimum Gasteiger partial charge on any atom is -0.441 e. The molecule has 0 radical (unpaired) electrons. The van der Waals surface area contributed by atoms with E-state index < -0.39 is 35.2 Å². The lowest BCUT2D eigenvalue weighted by Crippen LogP contribution is -2.46. The molecule has 0 aromatic rings. The van der Waals surface area contributed by atoms with Gasteiger partial charge in [0.05, 0.1) is 0 Å². The lowest BCUT2D eigenvalue weighted by atomic mass is 11.8. The van der Waals surface area contributed by atoms with E-state index in [1.54, 1.807) is 0 Å². The molecular weight excluding hydrogens is 256 g/mol. The molecule has 15 heavy (non-hydrogen) atoms. The van der Waals surface area contributed by atoms with Crippen LogP contribution in [0.3, 0.4) is 0 Å². The lowest BCUT2D eigenvalue weighted by molar-refractivity contribution is 0.369. The second-order valence-electron chi connectivity index (χ2n) is 6.13. The van der Waals surface area contributed by atoms with Crippen molar-refractivity contribution in [1.29, 1.82) is 0 Å². The predicted octanol–water partition coefficient (Wildman–Crippen LogP) is 2.41. The Hall–Kier alpha value is 0.748. The minimum atomic E-state index is -1.92. The fourth-order valence-corrected chi connectivity index (χ4v) is 11.1. The SMILES string of the molecule is C[Si](C)(C)O[SiH2]O[Si](C)(C)O[Si](C)(C)C. The Kier molecular flexibility index (Phi) is 5.65. The van der Waals surface area contributed by atoms with Gasteiger partial charge in [-0.2, -0.15) is 0 Å². The van der Waals surface area contributed by atoms with E-state index in [0.29, 0.717) is 0 Å². The van der Waals surface area contributed by atoms with Gasteiger partial charge in [0.15, 0.2) is 16.6 Å². The fourth-order valence-electron chi connectivity index (χ4n) is 1.11. The van der Waals surface area contributed by atoms with Gasteiger partial charge in [0.1, 0.15) is 0 Å². The summed E-state index contributed by atoms with van der Waals surface area (Å²) in [4.78, 5) is 0. The summed E-state index contributed by atoms with van der Waals surface area (Å²) in [6.45, 7) is 17.4. The first-order chi connectivity index (χ1) is 6.41. The van der Waals surface area contributed by atoms with Gasteiger partial charge in [0.25, 0.3) is 10.0 Å². The van der Waals surface area contributed by atoms with Crippen LogP contribution >= 0.6 is 0 Å². The number of hydrogen-bond donors (Lipinski definition) is 0. The molecule has 0 aromatic heterocycles. The van der Waals surface area contributed by atoms with E-state index in [1.807, 2.05) is 0 Å². The van der Waals surface area contributed by atoms with Gasteiger partial charge in [-0.3, -0.25) is 0 Å². The molecule has 0 rings (SSSR count). The van der Waals surface area contributed by atoms with Crippen molar-refractivity contribution in [2.24, 2.45) is 0 Å². The Balaban J connectivity index is 3.95. The highest BCUT2D eigenvalue weighted by Gasteiger charge is 2.31. The van der Waals surface area contributed by atoms with Crippen LogP contribution in [-0.2, 0) is 12.3 Å². The quantitative estimate of drug-likeness (QED) is 0.700. The molecule has 0 atom stereocenters. The van der Waals surface area contributed by atoms with Gasteiger partial charge in [0, 0.05) is 0 Å². The van der Waals surface area contributed by atoms with Crippen LogP contribution in [0.5, 0.6) is 0 Å². The highest BCUT2D eigenvalue weighted by molar-refractivity contribution is 6.83. The Labute approximate surface area is 100 Å². The Bertz CT molecular complexity index is 195. The molecule has 0 fully saturated rings. The molecule has 0 bridgehead atoms. The summed E-state index contributed by atoms with van der Waals surface area (Å²) >= 11 is 0. The predicted molar refractivity (Wildman–Crippen MR) is 76.0 cm³/mol. The maximum absolute atomic E-state index is 6.07. The van der Waals surface area contributed by atoms with Crippen molar-refractivity contribution in [2.45, 2.75) is 52.4 Å². The third-order valence-corrected chi connectivity index (χ3v) is 13.1.